The van der Waals surface area contributed by atoms with Crippen molar-refractivity contribution in [1.29, 1.82) is 0 Å². The molecule has 0 aliphatic heterocycles. The van der Waals surface area contributed by atoms with Crippen LogP contribution in [0.1, 0.15) is 54.4 Å². The van der Waals surface area contributed by atoms with Crippen LogP contribution in [0.4, 0.5) is 13.2 Å². The van der Waals surface area contributed by atoms with Crippen molar-refractivity contribution in [1.82, 2.24) is 0 Å². The monoisotopic (exact) mass is 470 g/mol. The van der Waals surface area contributed by atoms with E-state index in [-0.39, 0.29) is 34.6 Å². The first-order valence-electron chi connectivity index (χ1n) is 11.3. The summed E-state index contributed by atoms with van der Waals surface area (Å²) in [5.74, 6) is -3.11. The molecule has 0 aromatic heterocycles. The Kier molecular flexibility index (Phi) is 7.22. The molecule has 0 bridgehead atoms. The Bertz CT molecular complexity index is 1170. The zero-order valence-corrected chi connectivity index (χ0v) is 18.7. The second-order valence-corrected chi connectivity index (χ2v) is 8.33. The lowest BCUT2D eigenvalue weighted by molar-refractivity contribution is 0.0734. The number of halogens is 3. The first-order valence-corrected chi connectivity index (χ1v) is 11.3. The van der Waals surface area contributed by atoms with Gasteiger partial charge in [0.1, 0.15) is 5.75 Å². The Morgan fingerprint density at radius 1 is 0.941 bits per heavy atom. The second-order valence-electron chi connectivity index (χ2n) is 8.33. The first kappa shape index (κ1) is 23.8. The number of hydrogen-bond donors (Lipinski definition) is 1. The molecular weight excluding hydrogens is 445 g/mol. The van der Waals surface area contributed by atoms with Crippen molar-refractivity contribution >= 4 is 5.97 Å². The first-order chi connectivity index (χ1) is 16.4. The highest BCUT2D eigenvalue weighted by Crippen LogP contribution is 2.37. The van der Waals surface area contributed by atoms with Gasteiger partial charge >= 0.3 is 5.97 Å². The zero-order chi connectivity index (χ0) is 24.2. The molecule has 1 saturated carbocycles. The van der Waals surface area contributed by atoms with Gasteiger partial charge in [-0.05, 0) is 80.0 Å². The lowest BCUT2D eigenvalue weighted by Gasteiger charge is -2.26. The van der Waals surface area contributed by atoms with Crippen LogP contribution < -0.4 is 9.47 Å². The number of ether oxygens (including phenoxy) is 2. The predicted molar refractivity (Wildman–Crippen MR) is 122 cm³/mol. The summed E-state index contributed by atoms with van der Waals surface area (Å²) in [6.07, 6.45) is 2.03. The van der Waals surface area contributed by atoms with Gasteiger partial charge in [0.15, 0.2) is 23.2 Å². The van der Waals surface area contributed by atoms with Gasteiger partial charge in [0.2, 0.25) is 0 Å². The summed E-state index contributed by atoms with van der Waals surface area (Å²) in [7, 11) is 0. The molecule has 0 radical (unpaired) electrons. The molecule has 3 aromatic carbocycles. The van der Waals surface area contributed by atoms with Crippen molar-refractivity contribution in [2.75, 3.05) is 6.61 Å². The number of aliphatic hydroxyl groups excluding tert-OH is 1. The van der Waals surface area contributed by atoms with E-state index in [0.717, 1.165) is 6.07 Å². The summed E-state index contributed by atoms with van der Waals surface area (Å²) in [6, 6.07) is 12.9. The summed E-state index contributed by atoms with van der Waals surface area (Å²) < 4.78 is 54.1. The Morgan fingerprint density at radius 3 is 2.29 bits per heavy atom. The molecule has 34 heavy (non-hydrogen) atoms. The van der Waals surface area contributed by atoms with Crippen molar-refractivity contribution in [3.8, 4) is 22.6 Å². The molecule has 0 atom stereocenters. The van der Waals surface area contributed by atoms with Crippen molar-refractivity contribution in [3.05, 3.63) is 83.2 Å². The Hall–Kier alpha value is -3.32. The highest BCUT2D eigenvalue weighted by molar-refractivity contribution is 5.91. The van der Waals surface area contributed by atoms with E-state index < -0.39 is 23.4 Å². The molecule has 1 fully saturated rings. The van der Waals surface area contributed by atoms with Gasteiger partial charge in [-0.25, -0.2) is 18.0 Å². The lowest BCUT2D eigenvalue weighted by Crippen LogP contribution is -2.18. The molecule has 0 saturated heterocycles. The molecule has 1 aliphatic rings. The van der Waals surface area contributed by atoms with Crippen molar-refractivity contribution in [3.63, 3.8) is 0 Å². The largest absolute Gasteiger partial charge is 0.491 e. The molecule has 0 unspecified atom stereocenters. The fourth-order valence-electron chi connectivity index (χ4n) is 4.26. The number of hydrogen-bond acceptors (Lipinski definition) is 4. The van der Waals surface area contributed by atoms with Crippen LogP contribution in [0.3, 0.4) is 0 Å². The van der Waals surface area contributed by atoms with Crippen LogP contribution >= 0.6 is 0 Å². The Labute approximate surface area is 196 Å². The normalized spacial score (nSPS) is 17.9. The highest BCUT2D eigenvalue weighted by Gasteiger charge is 2.25. The predicted octanol–water partition coefficient (Wildman–Crippen LogP) is 6.41. The van der Waals surface area contributed by atoms with Gasteiger partial charge in [0, 0.05) is 5.56 Å². The number of rotatable bonds is 6. The van der Waals surface area contributed by atoms with Crippen LogP contribution in [0.5, 0.6) is 11.5 Å². The number of aliphatic hydroxyl groups is 1. The van der Waals surface area contributed by atoms with E-state index in [1.807, 2.05) is 0 Å². The maximum absolute atomic E-state index is 14.9. The summed E-state index contributed by atoms with van der Waals surface area (Å²) in [6.45, 7) is 2.02. The van der Waals surface area contributed by atoms with Crippen LogP contribution in [-0.4, -0.2) is 23.8 Å². The second kappa shape index (κ2) is 10.3. The van der Waals surface area contributed by atoms with Gasteiger partial charge in [0.05, 0.1) is 18.3 Å². The third kappa shape index (κ3) is 5.09. The van der Waals surface area contributed by atoms with E-state index in [1.165, 1.54) is 36.4 Å². The molecule has 0 heterocycles. The van der Waals surface area contributed by atoms with Gasteiger partial charge < -0.3 is 14.6 Å². The molecule has 1 N–H and O–H groups in total. The maximum Gasteiger partial charge on any atom is 0.343 e. The molecule has 4 nitrogen and oxygen atoms in total. The number of benzene rings is 3. The van der Waals surface area contributed by atoms with Crippen molar-refractivity contribution in [2.45, 2.75) is 44.6 Å². The fraction of sp³-hybridized carbons (Fsp3) is 0.296. The van der Waals surface area contributed by atoms with Gasteiger partial charge in [-0.1, -0.05) is 24.3 Å². The number of esters is 1. The molecule has 0 amide bonds. The molecule has 7 heteroatoms. The van der Waals surface area contributed by atoms with Crippen molar-refractivity contribution in [2.24, 2.45) is 0 Å². The average Bonchev–Trinajstić information content (AvgIpc) is 2.83. The van der Waals surface area contributed by atoms with E-state index >= 15 is 0 Å². The quantitative estimate of drug-likeness (QED) is 0.334. The van der Waals surface area contributed by atoms with E-state index in [0.29, 0.717) is 43.4 Å². The van der Waals surface area contributed by atoms with E-state index in [2.05, 4.69) is 0 Å². The Morgan fingerprint density at radius 2 is 1.65 bits per heavy atom. The topological polar surface area (TPSA) is 55.8 Å². The van der Waals surface area contributed by atoms with Gasteiger partial charge in [-0.2, -0.15) is 0 Å². The van der Waals surface area contributed by atoms with Gasteiger partial charge in [0.25, 0.3) is 0 Å². The SMILES string of the molecule is CCOc1ccc(C(=O)Oc2ccc(-c3ccc(C4CCC(O)CC4)c(F)c3F)cc2)cc1F. The third-order valence-electron chi connectivity index (χ3n) is 6.09. The van der Waals surface area contributed by atoms with Crippen LogP contribution in [-0.2, 0) is 0 Å². The molecule has 3 aromatic rings. The molecule has 1 aliphatic carbocycles. The number of carbonyl (C=O) groups is 1. The van der Waals surface area contributed by atoms with E-state index in [1.54, 1.807) is 19.1 Å². The number of carbonyl (C=O) groups excluding carboxylic acids is 1. The minimum Gasteiger partial charge on any atom is -0.491 e. The highest BCUT2D eigenvalue weighted by atomic mass is 19.2. The van der Waals surface area contributed by atoms with Gasteiger partial charge in [-0.15, -0.1) is 0 Å². The van der Waals surface area contributed by atoms with E-state index in [9.17, 15) is 23.1 Å². The minimum absolute atomic E-state index is 0.0176. The van der Waals surface area contributed by atoms with Crippen LogP contribution in [0, 0.1) is 17.5 Å². The summed E-state index contributed by atoms with van der Waals surface area (Å²) in [5, 5.41) is 9.65. The molecule has 4 rings (SSSR count). The maximum atomic E-state index is 14.9. The molecule has 178 valence electrons. The lowest BCUT2D eigenvalue weighted by atomic mass is 9.82. The van der Waals surface area contributed by atoms with Crippen LogP contribution in [0.25, 0.3) is 11.1 Å². The zero-order valence-electron chi connectivity index (χ0n) is 18.7. The third-order valence-corrected chi connectivity index (χ3v) is 6.09. The standard InChI is InChI=1S/C27H25F3O4/c1-2-33-24-14-7-18(15-23(24)28)27(32)34-20-10-5-17(6-11-20)22-13-12-21(25(29)26(22)30)16-3-8-19(31)9-4-16/h5-7,10-16,19,31H,2-4,8-9H2,1H3. The average molecular weight is 470 g/mol. The van der Waals surface area contributed by atoms with E-state index in [4.69, 9.17) is 9.47 Å². The summed E-state index contributed by atoms with van der Waals surface area (Å²) >= 11 is 0. The Balaban J connectivity index is 1.48. The fourth-order valence-corrected chi connectivity index (χ4v) is 4.26. The smallest absolute Gasteiger partial charge is 0.343 e. The van der Waals surface area contributed by atoms with Crippen molar-refractivity contribution < 1.29 is 32.5 Å². The van der Waals surface area contributed by atoms with Crippen LogP contribution in [0.2, 0.25) is 0 Å². The summed E-state index contributed by atoms with van der Waals surface area (Å²) in [5.41, 5.74) is 0.878. The molecule has 0 spiro atoms. The van der Waals surface area contributed by atoms with Gasteiger partial charge in [-0.3, -0.25) is 0 Å². The minimum atomic E-state index is -0.932. The molecular formula is C27H25F3O4. The summed E-state index contributed by atoms with van der Waals surface area (Å²) in [4.78, 5) is 12.3. The van der Waals surface area contributed by atoms with Crippen LogP contribution in [0.15, 0.2) is 54.6 Å².